The molecule has 0 aliphatic carbocycles. The van der Waals surface area contributed by atoms with Gasteiger partial charge in [0.05, 0.1) is 12.2 Å². The quantitative estimate of drug-likeness (QED) is 0.919. The normalized spacial score (nSPS) is 17.5. The highest BCUT2D eigenvalue weighted by atomic mass is 16.5. The Kier molecular flexibility index (Phi) is 3.11. The minimum absolute atomic E-state index is 0.0809. The van der Waals surface area contributed by atoms with Crippen LogP contribution in [-0.2, 0) is 6.54 Å². The molecule has 0 saturated carbocycles. The molecule has 2 heterocycles. The molecule has 5 nitrogen and oxygen atoms in total. The van der Waals surface area contributed by atoms with Gasteiger partial charge in [0.2, 0.25) is 0 Å². The summed E-state index contributed by atoms with van der Waals surface area (Å²) in [5, 5.41) is 11.8. The van der Waals surface area contributed by atoms with Crippen LogP contribution >= 0.6 is 0 Å². The molecule has 1 aromatic carbocycles. The number of hydrogen-bond donors (Lipinski definition) is 1. The molecular formula is C14H18N4O. The maximum absolute atomic E-state index is 6.03. The van der Waals surface area contributed by atoms with E-state index in [1.54, 1.807) is 0 Å². The van der Waals surface area contributed by atoms with E-state index in [1.807, 2.05) is 31.2 Å². The summed E-state index contributed by atoms with van der Waals surface area (Å²) in [5.74, 6) is 2.73. The van der Waals surface area contributed by atoms with Gasteiger partial charge >= 0.3 is 0 Å². The van der Waals surface area contributed by atoms with Crippen LogP contribution in [0.3, 0.4) is 0 Å². The predicted molar refractivity (Wildman–Crippen MR) is 73.4 cm³/mol. The number of para-hydroxylation sites is 2. The van der Waals surface area contributed by atoms with Crippen LogP contribution in [-0.4, -0.2) is 21.3 Å². The second kappa shape index (κ2) is 4.91. The van der Waals surface area contributed by atoms with Gasteiger partial charge in [-0.25, -0.2) is 0 Å². The largest absolute Gasteiger partial charge is 0.478 e. The zero-order chi connectivity index (χ0) is 13.2. The Bertz CT molecular complexity index is 579. The summed E-state index contributed by atoms with van der Waals surface area (Å²) < 4.78 is 8.17. The number of rotatable bonds is 3. The first-order valence-corrected chi connectivity index (χ1v) is 6.69. The van der Waals surface area contributed by atoms with E-state index < -0.39 is 0 Å². The lowest BCUT2D eigenvalue weighted by Gasteiger charge is -2.27. The van der Waals surface area contributed by atoms with Gasteiger partial charge in [-0.05, 0) is 25.5 Å². The summed E-state index contributed by atoms with van der Waals surface area (Å²) in [7, 11) is 0. The molecule has 5 heteroatoms. The molecule has 1 aromatic heterocycles. The van der Waals surface area contributed by atoms with Crippen molar-refractivity contribution in [1.82, 2.24) is 14.8 Å². The molecular weight excluding hydrogens is 240 g/mol. The molecule has 0 bridgehead atoms. The van der Waals surface area contributed by atoms with Gasteiger partial charge in [-0.2, -0.15) is 0 Å². The van der Waals surface area contributed by atoms with Gasteiger partial charge in [-0.15, -0.1) is 10.2 Å². The maximum Gasteiger partial charge on any atom is 0.176 e. The highest BCUT2D eigenvalue weighted by Gasteiger charge is 2.25. The standard InChI is InChI=1S/C14H18N4O/c1-3-8-18-10(2)16-17-14(18)13-9-15-11-6-4-5-7-12(11)19-13/h4-7,13,15H,3,8-9H2,1-2H3. The van der Waals surface area contributed by atoms with Crippen LogP contribution in [0.1, 0.15) is 31.1 Å². The number of ether oxygens (including phenoxy) is 1. The fourth-order valence-corrected chi connectivity index (χ4v) is 2.39. The Hall–Kier alpha value is -2.04. The second-order valence-corrected chi connectivity index (χ2v) is 4.74. The number of anilines is 1. The number of nitrogens with one attached hydrogen (secondary N) is 1. The van der Waals surface area contributed by atoms with E-state index in [9.17, 15) is 0 Å². The monoisotopic (exact) mass is 258 g/mol. The maximum atomic E-state index is 6.03. The molecule has 2 aromatic rings. The van der Waals surface area contributed by atoms with Crippen molar-refractivity contribution in [1.29, 1.82) is 0 Å². The summed E-state index contributed by atoms with van der Waals surface area (Å²) in [6.45, 7) is 5.78. The third kappa shape index (κ3) is 2.16. The molecule has 1 atom stereocenters. The molecule has 19 heavy (non-hydrogen) atoms. The van der Waals surface area contributed by atoms with Crippen molar-refractivity contribution in [3.05, 3.63) is 35.9 Å². The number of aromatic nitrogens is 3. The third-order valence-electron chi connectivity index (χ3n) is 3.33. The molecule has 1 aliphatic rings. The van der Waals surface area contributed by atoms with E-state index in [1.165, 1.54) is 0 Å². The third-order valence-corrected chi connectivity index (χ3v) is 3.33. The van der Waals surface area contributed by atoms with E-state index in [-0.39, 0.29) is 6.10 Å². The van der Waals surface area contributed by atoms with Crippen LogP contribution in [0.2, 0.25) is 0 Å². The number of nitrogens with zero attached hydrogens (tertiary/aromatic N) is 3. The summed E-state index contributed by atoms with van der Waals surface area (Å²) in [5.41, 5.74) is 1.04. The molecule has 0 spiro atoms. The predicted octanol–water partition coefficient (Wildman–Crippen LogP) is 2.54. The van der Waals surface area contributed by atoms with E-state index in [2.05, 4.69) is 27.0 Å². The van der Waals surface area contributed by atoms with Crippen molar-refractivity contribution < 1.29 is 4.74 Å². The van der Waals surface area contributed by atoms with E-state index in [4.69, 9.17) is 4.74 Å². The molecule has 100 valence electrons. The van der Waals surface area contributed by atoms with Gasteiger partial charge in [0.15, 0.2) is 11.9 Å². The van der Waals surface area contributed by atoms with Crippen molar-refractivity contribution >= 4 is 5.69 Å². The van der Waals surface area contributed by atoms with Gasteiger partial charge in [-0.3, -0.25) is 0 Å². The number of benzene rings is 1. The van der Waals surface area contributed by atoms with E-state index in [0.717, 1.165) is 42.6 Å². The average Bonchev–Trinajstić information content (AvgIpc) is 2.80. The van der Waals surface area contributed by atoms with Crippen LogP contribution in [0.4, 0.5) is 5.69 Å². The molecule has 1 N–H and O–H groups in total. The summed E-state index contributed by atoms with van der Waals surface area (Å²) >= 11 is 0. The van der Waals surface area contributed by atoms with Gasteiger partial charge < -0.3 is 14.6 Å². The molecule has 0 fully saturated rings. The Morgan fingerprint density at radius 1 is 1.37 bits per heavy atom. The smallest absolute Gasteiger partial charge is 0.176 e. The van der Waals surface area contributed by atoms with Crippen molar-refractivity contribution in [3.63, 3.8) is 0 Å². The number of hydrogen-bond acceptors (Lipinski definition) is 4. The van der Waals surface area contributed by atoms with Gasteiger partial charge in [0.25, 0.3) is 0 Å². The van der Waals surface area contributed by atoms with Gasteiger partial charge in [0.1, 0.15) is 11.6 Å². The minimum Gasteiger partial charge on any atom is -0.478 e. The lowest BCUT2D eigenvalue weighted by molar-refractivity contribution is 0.194. The molecule has 3 rings (SSSR count). The van der Waals surface area contributed by atoms with Crippen LogP contribution < -0.4 is 10.1 Å². The van der Waals surface area contributed by atoms with Crippen molar-refractivity contribution in [2.24, 2.45) is 0 Å². The molecule has 1 unspecified atom stereocenters. The van der Waals surface area contributed by atoms with Gasteiger partial charge in [-0.1, -0.05) is 19.1 Å². The first-order chi connectivity index (χ1) is 9.29. The molecule has 0 saturated heterocycles. The van der Waals surface area contributed by atoms with Crippen molar-refractivity contribution in [2.75, 3.05) is 11.9 Å². The van der Waals surface area contributed by atoms with Crippen LogP contribution in [0, 0.1) is 6.92 Å². The Balaban J connectivity index is 1.89. The zero-order valence-corrected chi connectivity index (χ0v) is 11.3. The Morgan fingerprint density at radius 3 is 3.05 bits per heavy atom. The molecule has 1 aliphatic heterocycles. The highest BCUT2D eigenvalue weighted by Crippen LogP contribution is 2.33. The topological polar surface area (TPSA) is 52.0 Å². The fraction of sp³-hybridized carbons (Fsp3) is 0.429. The average molecular weight is 258 g/mol. The van der Waals surface area contributed by atoms with Crippen molar-refractivity contribution in [3.8, 4) is 5.75 Å². The highest BCUT2D eigenvalue weighted by molar-refractivity contribution is 5.57. The Morgan fingerprint density at radius 2 is 2.21 bits per heavy atom. The summed E-state index contributed by atoms with van der Waals surface area (Å²) in [4.78, 5) is 0. The number of aryl methyl sites for hydroxylation is 1. The van der Waals surface area contributed by atoms with Crippen molar-refractivity contribution in [2.45, 2.75) is 32.9 Å². The van der Waals surface area contributed by atoms with E-state index in [0.29, 0.717) is 0 Å². The summed E-state index contributed by atoms with van der Waals surface area (Å²) in [6, 6.07) is 7.97. The summed E-state index contributed by atoms with van der Waals surface area (Å²) in [6.07, 6.45) is 0.977. The second-order valence-electron chi connectivity index (χ2n) is 4.74. The number of fused-ring (bicyclic) bond motifs is 1. The molecule has 0 radical (unpaired) electrons. The zero-order valence-electron chi connectivity index (χ0n) is 11.3. The first kappa shape index (κ1) is 12.0. The van der Waals surface area contributed by atoms with E-state index >= 15 is 0 Å². The first-order valence-electron chi connectivity index (χ1n) is 6.69. The lowest BCUT2D eigenvalue weighted by atomic mass is 10.2. The SMILES string of the molecule is CCCn1c(C)nnc1C1CNc2ccccc2O1. The van der Waals surface area contributed by atoms with Crippen LogP contribution in [0.5, 0.6) is 5.75 Å². The fourth-order valence-electron chi connectivity index (χ4n) is 2.39. The van der Waals surface area contributed by atoms with Crippen LogP contribution in [0.15, 0.2) is 24.3 Å². The lowest BCUT2D eigenvalue weighted by Crippen LogP contribution is -2.26. The minimum atomic E-state index is -0.0809. The van der Waals surface area contributed by atoms with Gasteiger partial charge in [0, 0.05) is 6.54 Å². The Labute approximate surface area is 112 Å². The van der Waals surface area contributed by atoms with Crippen LogP contribution in [0.25, 0.3) is 0 Å². The molecule has 0 amide bonds.